The van der Waals surface area contributed by atoms with Gasteiger partial charge < -0.3 is 4.52 Å². The fourth-order valence-electron chi connectivity index (χ4n) is 1.15. The third-order valence-electron chi connectivity index (χ3n) is 1.93. The molecule has 2 aromatic rings. The zero-order chi connectivity index (χ0) is 12.3. The van der Waals surface area contributed by atoms with Crippen LogP contribution in [0.4, 0.5) is 8.78 Å². The first-order valence-electron chi connectivity index (χ1n) is 4.71. The molecule has 0 unspecified atom stereocenters. The molecule has 5 nitrogen and oxygen atoms in total. The summed E-state index contributed by atoms with van der Waals surface area (Å²) in [6.07, 6.45) is -2.06. The van der Waals surface area contributed by atoms with Crippen LogP contribution in [0.5, 0.6) is 0 Å². The fourth-order valence-corrected chi connectivity index (χ4v) is 1.15. The van der Waals surface area contributed by atoms with Crippen LogP contribution >= 0.6 is 0 Å². The van der Waals surface area contributed by atoms with E-state index in [1.54, 1.807) is 18.2 Å². The quantitative estimate of drug-likeness (QED) is 0.808. The van der Waals surface area contributed by atoms with Crippen molar-refractivity contribution in [3.05, 3.63) is 30.3 Å². The van der Waals surface area contributed by atoms with Crippen LogP contribution in [0.2, 0.25) is 0 Å². The normalized spacial score (nSPS) is 10.8. The number of pyridine rings is 1. The van der Waals surface area contributed by atoms with E-state index in [2.05, 4.69) is 19.6 Å². The van der Waals surface area contributed by atoms with Gasteiger partial charge in [-0.15, -0.1) is 0 Å². The van der Waals surface area contributed by atoms with Crippen molar-refractivity contribution in [3.63, 3.8) is 0 Å². The number of halogens is 2. The van der Waals surface area contributed by atoms with Gasteiger partial charge in [0.25, 0.3) is 6.43 Å². The van der Waals surface area contributed by atoms with E-state index in [4.69, 9.17) is 0 Å². The molecular weight excluding hydrogens is 232 g/mol. The smallest absolute Gasteiger partial charge is 0.296 e. The van der Waals surface area contributed by atoms with Crippen molar-refractivity contribution >= 4 is 5.78 Å². The maximum atomic E-state index is 12.0. The average molecular weight is 239 g/mol. The number of carbonyl (C=O) groups excluding carboxylic acids is 1. The third-order valence-corrected chi connectivity index (χ3v) is 1.93. The minimum absolute atomic E-state index is 0.143. The summed E-state index contributed by atoms with van der Waals surface area (Å²) in [5.41, 5.74) is 0.451. The molecule has 0 fully saturated rings. The SMILES string of the molecule is O=C(Cc1nc(-c2ccccn2)no1)C(F)F. The number of ketones is 1. The van der Waals surface area contributed by atoms with E-state index in [-0.39, 0.29) is 11.7 Å². The predicted octanol–water partition coefficient (Wildman–Crippen LogP) is 1.51. The summed E-state index contributed by atoms with van der Waals surface area (Å²) in [5, 5.41) is 3.55. The molecule has 0 aliphatic rings. The molecule has 0 radical (unpaired) electrons. The van der Waals surface area contributed by atoms with Gasteiger partial charge in [0.05, 0.1) is 6.42 Å². The lowest BCUT2D eigenvalue weighted by atomic mass is 10.3. The van der Waals surface area contributed by atoms with Crippen molar-refractivity contribution in [1.82, 2.24) is 15.1 Å². The van der Waals surface area contributed by atoms with Gasteiger partial charge in [0.1, 0.15) is 5.69 Å². The van der Waals surface area contributed by atoms with Crippen molar-refractivity contribution in [2.75, 3.05) is 0 Å². The first-order chi connectivity index (χ1) is 8.16. The summed E-state index contributed by atoms with van der Waals surface area (Å²) in [5.74, 6) is -1.22. The zero-order valence-corrected chi connectivity index (χ0v) is 8.51. The topological polar surface area (TPSA) is 68.9 Å². The Hall–Kier alpha value is -2.18. The highest BCUT2D eigenvalue weighted by atomic mass is 19.3. The third kappa shape index (κ3) is 2.68. The van der Waals surface area contributed by atoms with Gasteiger partial charge >= 0.3 is 0 Å². The Morgan fingerprint density at radius 1 is 1.41 bits per heavy atom. The summed E-state index contributed by atoms with van der Waals surface area (Å²) in [7, 11) is 0. The van der Waals surface area contributed by atoms with E-state index in [0.717, 1.165) is 0 Å². The van der Waals surface area contributed by atoms with Crippen molar-refractivity contribution in [1.29, 1.82) is 0 Å². The Bertz CT molecular complexity index is 513. The summed E-state index contributed by atoms with van der Waals surface area (Å²) >= 11 is 0. The van der Waals surface area contributed by atoms with Crippen molar-refractivity contribution < 1.29 is 18.1 Å². The van der Waals surface area contributed by atoms with Gasteiger partial charge in [0, 0.05) is 6.20 Å². The molecule has 0 aromatic carbocycles. The molecule has 0 N–H and O–H groups in total. The molecule has 2 heterocycles. The first kappa shape index (κ1) is 11.3. The Balaban J connectivity index is 2.14. The number of carbonyl (C=O) groups is 1. The second kappa shape index (κ2) is 4.77. The van der Waals surface area contributed by atoms with Gasteiger partial charge in [-0.05, 0) is 12.1 Å². The van der Waals surface area contributed by atoms with Crippen LogP contribution < -0.4 is 0 Å². The number of rotatable bonds is 4. The van der Waals surface area contributed by atoms with Crippen LogP contribution in [0, 0.1) is 0 Å². The van der Waals surface area contributed by atoms with Crippen LogP contribution in [-0.4, -0.2) is 27.3 Å². The number of alkyl halides is 2. The number of nitrogens with zero attached hydrogens (tertiary/aromatic N) is 3. The lowest BCUT2D eigenvalue weighted by Gasteiger charge is -1.92. The molecule has 2 aromatic heterocycles. The van der Waals surface area contributed by atoms with Gasteiger partial charge in [0.15, 0.2) is 0 Å². The molecular formula is C10H7F2N3O2. The van der Waals surface area contributed by atoms with Crippen molar-refractivity contribution in [2.45, 2.75) is 12.8 Å². The summed E-state index contributed by atoms with van der Waals surface area (Å²) in [6.45, 7) is 0. The van der Waals surface area contributed by atoms with E-state index in [0.29, 0.717) is 5.69 Å². The predicted molar refractivity (Wildman–Crippen MR) is 52.2 cm³/mol. The number of aromatic nitrogens is 3. The Morgan fingerprint density at radius 2 is 2.24 bits per heavy atom. The van der Waals surface area contributed by atoms with Gasteiger partial charge in [-0.3, -0.25) is 9.78 Å². The molecule has 0 spiro atoms. The molecule has 0 bridgehead atoms. The molecule has 0 saturated heterocycles. The Morgan fingerprint density at radius 3 is 2.88 bits per heavy atom. The standard InChI is InChI=1S/C10H7F2N3O2/c11-9(12)7(16)5-8-14-10(15-17-8)6-3-1-2-4-13-6/h1-4,9H,5H2. The van der Waals surface area contributed by atoms with Gasteiger partial charge in [0.2, 0.25) is 17.5 Å². The van der Waals surface area contributed by atoms with Crippen LogP contribution in [0.1, 0.15) is 5.89 Å². The second-order valence-electron chi connectivity index (χ2n) is 3.17. The average Bonchev–Trinajstić information content (AvgIpc) is 2.78. The molecule has 0 aliphatic heterocycles. The van der Waals surface area contributed by atoms with E-state index < -0.39 is 18.6 Å². The molecule has 17 heavy (non-hydrogen) atoms. The molecule has 2 rings (SSSR count). The number of hydrogen-bond acceptors (Lipinski definition) is 5. The van der Waals surface area contributed by atoms with E-state index in [1.165, 1.54) is 6.20 Å². The Labute approximate surface area is 94.5 Å². The van der Waals surface area contributed by atoms with E-state index in [9.17, 15) is 13.6 Å². The first-order valence-corrected chi connectivity index (χ1v) is 4.71. The highest BCUT2D eigenvalue weighted by Crippen LogP contribution is 2.12. The fraction of sp³-hybridized carbons (Fsp3) is 0.200. The van der Waals surface area contributed by atoms with Crippen LogP contribution in [0.3, 0.4) is 0 Å². The lowest BCUT2D eigenvalue weighted by Crippen LogP contribution is -2.12. The molecule has 88 valence electrons. The summed E-state index contributed by atoms with van der Waals surface area (Å²) in [6, 6.07) is 5.08. The van der Waals surface area contributed by atoms with Crippen LogP contribution in [0.25, 0.3) is 11.5 Å². The van der Waals surface area contributed by atoms with Gasteiger partial charge in [-0.2, -0.15) is 4.98 Å². The van der Waals surface area contributed by atoms with Crippen molar-refractivity contribution in [2.24, 2.45) is 0 Å². The molecule has 0 atom stereocenters. The van der Waals surface area contributed by atoms with Crippen LogP contribution in [0.15, 0.2) is 28.9 Å². The zero-order valence-electron chi connectivity index (χ0n) is 8.51. The van der Waals surface area contributed by atoms with Gasteiger partial charge in [-0.25, -0.2) is 8.78 Å². The Kier molecular flexibility index (Phi) is 3.17. The summed E-state index contributed by atoms with van der Waals surface area (Å²) in [4.78, 5) is 18.5. The van der Waals surface area contributed by atoms with Gasteiger partial charge in [-0.1, -0.05) is 11.2 Å². The monoisotopic (exact) mass is 239 g/mol. The molecule has 0 amide bonds. The second-order valence-corrected chi connectivity index (χ2v) is 3.17. The minimum atomic E-state index is -3.03. The van der Waals surface area contributed by atoms with E-state index in [1.807, 2.05) is 0 Å². The highest BCUT2D eigenvalue weighted by Gasteiger charge is 2.19. The summed E-state index contributed by atoms with van der Waals surface area (Å²) < 4.78 is 28.7. The molecule has 0 aliphatic carbocycles. The maximum absolute atomic E-state index is 12.0. The lowest BCUT2D eigenvalue weighted by molar-refractivity contribution is -0.129. The molecule has 7 heteroatoms. The highest BCUT2D eigenvalue weighted by molar-refractivity contribution is 5.82. The number of Topliss-reactive ketones (excluding diaryl/α,β-unsaturated/α-hetero) is 1. The van der Waals surface area contributed by atoms with E-state index >= 15 is 0 Å². The maximum Gasteiger partial charge on any atom is 0.296 e. The largest absolute Gasteiger partial charge is 0.338 e. The van der Waals surface area contributed by atoms with Crippen LogP contribution in [-0.2, 0) is 11.2 Å². The number of hydrogen-bond donors (Lipinski definition) is 0. The molecule has 0 saturated carbocycles. The van der Waals surface area contributed by atoms with Crippen molar-refractivity contribution in [3.8, 4) is 11.5 Å². The minimum Gasteiger partial charge on any atom is -0.338 e.